The fourth-order valence-corrected chi connectivity index (χ4v) is 1.61. The van der Waals surface area contributed by atoms with Crippen molar-refractivity contribution in [3.8, 4) is 0 Å². The van der Waals surface area contributed by atoms with Crippen LogP contribution in [-0.2, 0) is 20.8 Å². The first-order chi connectivity index (χ1) is 9.40. The summed E-state index contributed by atoms with van der Waals surface area (Å²) in [6, 6.07) is 6.35. The number of nitrogens with one attached hydrogen (secondary N) is 1. The monoisotopic (exact) mass is 280 g/mol. The number of carbonyl (C=O) groups excluding carboxylic acids is 1. The lowest BCUT2D eigenvalue weighted by Gasteiger charge is -2.17. The van der Waals surface area contributed by atoms with E-state index in [2.05, 4.69) is 5.32 Å². The van der Waals surface area contributed by atoms with E-state index in [0.29, 0.717) is 0 Å². The van der Waals surface area contributed by atoms with Gasteiger partial charge in [0, 0.05) is 6.42 Å². The summed E-state index contributed by atoms with van der Waals surface area (Å²) in [5.74, 6) is -3.22. The minimum atomic E-state index is -1.27. The summed E-state index contributed by atoms with van der Waals surface area (Å²) < 4.78 is 0. The van der Waals surface area contributed by atoms with Crippen molar-refractivity contribution >= 4 is 17.8 Å². The van der Waals surface area contributed by atoms with E-state index in [1.54, 1.807) is 30.3 Å². The third-order valence-corrected chi connectivity index (χ3v) is 2.63. The maximum absolute atomic E-state index is 11.6. The minimum absolute atomic E-state index is 0.0989. The molecule has 0 heterocycles. The molecule has 1 unspecified atom stereocenters. The first-order valence-corrected chi connectivity index (χ1v) is 5.94. The van der Waals surface area contributed by atoms with Gasteiger partial charge in [-0.15, -0.1) is 0 Å². The Morgan fingerprint density at radius 2 is 1.75 bits per heavy atom. The van der Waals surface area contributed by atoms with E-state index in [-0.39, 0.29) is 6.42 Å². The SMILES string of the molecule is N[C@@H](CC(=O)O)C(=O)NC(Cc1ccccc1)C(=O)O. The van der Waals surface area contributed by atoms with Crippen LogP contribution in [-0.4, -0.2) is 40.1 Å². The van der Waals surface area contributed by atoms with Crippen LogP contribution in [0.25, 0.3) is 0 Å². The fraction of sp³-hybridized carbons (Fsp3) is 0.308. The summed E-state index contributed by atoms with van der Waals surface area (Å²) in [5.41, 5.74) is 6.12. The van der Waals surface area contributed by atoms with Crippen LogP contribution in [0.15, 0.2) is 30.3 Å². The number of carbonyl (C=O) groups is 3. The van der Waals surface area contributed by atoms with Crippen LogP contribution in [0.3, 0.4) is 0 Å². The van der Waals surface area contributed by atoms with E-state index in [1.165, 1.54) is 0 Å². The largest absolute Gasteiger partial charge is 0.481 e. The van der Waals surface area contributed by atoms with Crippen molar-refractivity contribution in [3.63, 3.8) is 0 Å². The molecule has 108 valence electrons. The van der Waals surface area contributed by atoms with Gasteiger partial charge < -0.3 is 21.3 Å². The lowest BCUT2D eigenvalue weighted by Crippen LogP contribution is -2.49. The highest BCUT2D eigenvalue weighted by molar-refractivity contribution is 5.89. The van der Waals surface area contributed by atoms with Gasteiger partial charge >= 0.3 is 11.9 Å². The second-order valence-electron chi connectivity index (χ2n) is 4.29. The van der Waals surface area contributed by atoms with Gasteiger partial charge in [0.1, 0.15) is 6.04 Å². The number of amides is 1. The molecular weight excluding hydrogens is 264 g/mol. The molecule has 0 fully saturated rings. The Hall–Kier alpha value is -2.41. The zero-order chi connectivity index (χ0) is 15.1. The molecule has 1 aromatic rings. The number of rotatable bonds is 7. The van der Waals surface area contributed by atoms with E-state index in [1.807, 2.05) is 0 Å². The number of carboxylic acids is 2. The van der Waals surface area contributed by atoms with Crippen LogP contribution in [0, 0.1) is 0 Å². The lowest BCUT2D eigenvalue weighted by molar-refractivity contribution is -0.142. The molecule has 0 aliphatic carbocycles. The zero-order valence-corrected chi connectivity index (χ0v) is 10.7. The Morgan fingerprint density at radius 1 is 1.15 bits per heavy atom. The maximum atomic E-state index is 11.6. The molecule has 7 nitrogen and oxygen atoms in total. The molecule has 0 spiro atoms. The number of nitrogens with two attached hydrogens (primary N) is 1. The highest BCUT2D eigenvalue weighted by Gasteiger charge is 2.24. The van der Waals surface area contributed by atoms with Gasteiger partial charge in [-0.1, -0.05) is 30.3 Å². The summed E-state index contributed by atoms with van der Waals surface area (Å²) in [6.07, 6.45) is -0.453. The summed E-state index contributed by atoms with van der Waals surface area (Å²) in [5, 5.41) is 19.9. The minimum Gasteiger partial charge on any atom is -0.481 e. The molecule has 1 amide bonds. The van der Waals surface area contributed by atoms with Crippen molar-refractivity contribution in [1.82, 2.24) is 5.32 Å². The molecule has 5 N–H and O–H groups in total. The quantitative estimate of drug-likeness (QED) is 0.537. The molecule has 7 heteroatoms. The Balaban J connectivity index is 2.66. The predicted molar refractivity (Wildman–Crippen MR) is 69.9 cm³/mol. The molecular formula is C13H16N2O5. The van der Waals surface area contributed by atoms with Crippen molar-refractivity contribution in [3.05, 3.63) is 35.9 Å². The highest BCUT2D eigenvalue weighted by atomic mass is 16.4. The molecule has 20 heavy (non-hydrogen) atoms. The van der Waals surface area contributed by atoms with Crippen molar-refractivity contribution in [2.24, 2.45) is 5.73 Å². The van der Waals surface area contributed by atoms with Crippen LogP contribution in [0.1, 0.15) is 12.0 Å². The second-order valence-corrected chi connectivity index (χ2v) is 4.29. The Bertz CT molecular complexity index is 489. The summed E-state index contributed by atoms with van der Waals surface area (Å²) in [4.78, 5) is 33.2. The Kier molecular flexibility index (Phi) is 5.67. The van der Waals surface area contributed by atoms with E-state index in [4.69, 9.17) is 15.9 Å². The molecule has 0 saturated carbocycles. The fourth-order valence-electron chi connectivity index (χ4n) is 1.61. The van der Waals surface area contributed by atoms with Crippen molar-refractivity contribution in [2.75, 3.05) is 0 Å². The summed E-state index contributed by atoms with van der Waals surface area (Å²) >= 11 is 0. The number of aliphatic carboxylic acids is 2. The molecule has 1 rings (SSSR count). The van der Waals surface area contributed by atoms with Gasteiger partial charge in [-0.05, 0) is 5.56 Å². The van der Waals surface area contributed by atoms with Gasteiger partial charge in [-0.25, -0.2) is 4.79 Å². The van der Waals surface area contributed by atoms with Gasteiger partial charge in [0.05, 0.1) is 12.5 Å². The molecule has 0 bridgehead atoms. The van der Waals surface area contributed by atoms with Gasteiger partial charge in [-0.2, -0.15) is 0 Å². The summed E-state index contributed by atoms with van der Waals surface area (Å²) in [7, 11) is 0. The van der Waals surface area contributed by atoms with Crippen molar-refractivity contribution in [1.29, 1.82) is 0 Å². The van der Waals surface area contributed by atoms with Gasteiger partial charge in [-0.3, -0.25) is 9.59 Å². The smallest absolute Gasteiger partial charge is 0.326 e. The van der Waals surface area contributed by atoms with Crippen molar-refractivity contribution in [2.45, 2.75) is 24.9 Å². The third kappa shape index (κ3) is 5.07. The van der Waals surface area contributed by atoms with Crippen LogP contribution in [0.5, 0.6) is 0 Å². The second kappa shape index (κ2) is 7.25. The van der Waals surface area contributed by atoms with Crippen LogP contribution in [0.4, 0.5) is 0 Å². The van der Waals surface area contributed by atoms with Gasteiger partial charge in [0.2, 0.25) is 5.91 Å². The number of hydrogen-bond acceptors (Lipinski definition) is 4. The standard InChI is InChI=1S/C13H16N2O5/c14-9(7-11(16)17)12(18)15-10(13(19)20)6-8-4-2-1-3-5-8/h1-5,9-10H,6-7,14H2,(H,15,18)(H,16,17)(H,19,20)/t9-,10?/m0/s1. The van der Waals surface area contributed by atoms with E-state index in [9.17, 15) is 14.4 Å². The Labute approximate surface area is 115 Å². The van der Waals surface area contributed by atoms with Crippen molar-refractivity contribution < 1.29 is 24.6 Å². The third-order valence-electron chi connectivity index (χ3n) is 2.63. The molecule has 0 aliphatic rings. The lowest BCUT2D eigenvalue weighted by atomic mass is 10.1. The summed E-state index contributed by atoms with van der Waals surface area (Å²) in [6.45, 7) is 0. The average molecular weight is 280 g/mol. The average Bonchev–Trinajstić information content (AvgIpc) is 2.38. The number of benzene rings is 1. The van der Waals surface area contributed by atoms with E-state index in [0.717, 1.165) is 5.56 Å². The van der Waals surface area contributed by atoms with E-state index >= 15 is 0 Å². The normalized spacial score (nSPS) is 13.2. The van der Waals surface area contributed by atoms with Gasteiger partial charge in [0.15, 0.2) is 0 Å². The molecule has 0 aliphatic heterocycles. The molecule has 0 radical (unpaired) electrons. The molecule has 0 aromatic heterocycles. The maximum Gasteiger partial charge on any atom is 0.326 e. The number of carboxylic acid groups (broad SMARTS) is 2. The Morgan fingerprint density at radius 3 is 2.25 bits per heavy atom. The highest BCUT2D eigenvalue weighted by Crippen LogP contribution is 2.04. The van der Waals surface area contributed by atoms with Crippen LogP contribution >= 0.6 is 0 Å². The molecule has 2 atom stereocenters. The zero-order valence-electron chi connectivity index (χ0n) is 10.7. The predicted octanol–water partition coefficient (Wildman–Crippen LogP) is -0.399. The first-order valence-electron chi connectivity index (χ1n) is 5.94. The van der Waals surface area contributed by atoms with Crippen LogP contribution in [0.2, 0.25) is 0 Å². The molecule has 0 saturated heterocycles. The topological polar surface area (TPSA) is 130 Å². The first kappa shape index (κ1) is 15.6. The number of hydrogen-bond donors (Lipinski definition) is 4. The van der Waals surface area contributed by atoms with E-state index < -0.39 is 36.4 Å². The molecule has 1 aromatic carbocycles. The van der Waals surface area contributed by atoms with Crippen LogP contribution < -0.4 is 11.1 Å². The van der Waals surface area contributed by atoms with Gasteiger partial charge in [0.25, 0.3) is 0 Å².